The van der Waals surface area contributed by atoms with Crippen molar-refractivity contribution < 1.29 is 20.1 Å². The van der Waals surface area contributed by atoms with Crippen LogP contribution < -0.4 is 0 Å². The summed E-state index contributed by atoms with van der Waals surface area (Å²) < 4.78 is 0.520. The number of thioether (sulfide) groups is 1. The molecule has 1 atom stereocenters. The Morgan fingerprint density at radius 1 is 1.50 bits per heavy atom. The van der Waals surface area contributed by atoms with Crippen LogP contribution in [0.3, 0.4) is 0 Å². The van der Waals surface area contributed by atoms with Crippen LogP contribution >= 0.6 is 27.7 Å². The molecule has 0 fully saturated rings. The number of aromatic carboxylic acids is 1. The Labute approximate surface area is 105 Å². The van der Waals surface area contributed by atoms with Gasteiger partial charge < -0.3 is 15.3 Å². The zero-order chi connectivity index (χ0) is 12.1. The average Bonchev–Trinajstić information content (AvgIpc) is 2.27. The molecule has 3 N–H and O–H groups in total. The van der Waals surface area contributed by atoms with Crippen molar-refractivity contribution in [3.05, 3.63) is 28.2 Å². The van der Waals surface area contributed by atoms with Gasteiger partial charge in [-0.25, -0.2) is 4.79 Å². The van der Waals surface area contributed by atoms with E-state index in [1.165, 1.54) is 17.8 Å². The van der Waals surface area contributed by atoms with Gasteiger partial charge in [-0.3, -0.25) is 0 Å². The molecule has 6 heteroatoms. The molecule has 0 bridgehead atoms. The van der Waals surface area contributed by atoms with E-state index in [2.05, 4.69) is 15.9 Å². The van der Waals surface area contributed by atoms with Crippen molar-refractivity contribution in [1.29, 1.82) is 0 Å². The summed E-state index contributed by atoms with van der Waals surface area (Å²) in [6.07, 6.45) is -0.790. The molecule has 0 spiro atoms. The number of hydrogen-bond donors (Lipinski definition) is 3. The molecule has 16 heavy (non-hydrogen) atoms. The van der Waals surface area contributed by atoms with Crippen molar-refractivity contribution in [2.75, 3.05) is 12.4 Å². The number of hydrogen-bond acceptors (Lipinski definition) is 4. The first-order chi connectivity index (χ1) is 7.54. The molecule has 0 aliphatic rings. The van der Waals surface area contributed by atoms with Gasteiger partial charge >= 0.3 is 5.97 Å². The summed E-state index contributed by atoms with van der Waals surface area (Å²) in [6.45, 7) is -0.296. The van der Waals surface area contributed by atoms with E-state index >= 15 is 0 Å². The van der Waals surface area contributed by atoms with Crippen LogP contribution in [0.1, 0.15) is 10.4 Å². The summed E-state index contributed by atoms with van der Waals surface area (Å²) in [5.74, 6) is -0.672. The smallest absolute Gasteiger partial charge is 0.336 e. The number of aliphatic hydroxyl groups is 2. The number of halogens is 1. The van der Waals surface area contributed by atoms with E-state index in [0.717, 1.165) is 4.90 Å². The largest absolute Gasteiger partial charge is 0.478 e. The normalized spacial score (nSPS) is 12.4. The third-order valence-corrected chi connectivity index (χ3v) is 3.65. The van der Waals surface area contributed by atoms with Crippen molar-refractivity contribution in [3.8, 4) is 0 Å². The number of benzene rings is 1. The number of carboxylic acids is 1. The van der Waals surface area contributed by atoms with Crippen molar-refractivity contribution in [1.82, 2.24) is 0 Å². The molecule has 0 amide bonds. The predicted molar refractivity (Wildman–Crippen MR) is 64.9 cm³/mol. The third kappa shape index (κ3) is 3.79. The summed E-state index contributed by atoms with van der Waals surface area (Å²) in [5.41, 5.74) is 0.184. The average molecular weight is 307 g/mol. The Kier molecular flexibility index (Phi) is 5.27. The van der Waals surface area contributed by atoms with Crippen LogP contribution in [0.2, 0.25) is 0 Å². The molecule has 1 aromatic rings. The molecule has 88 valence electrons. The van der Waals surface area contributed by atoms with Gasteiger partial charge in [0.2, 0.25) is 0 Å². The number of rotatable bonds is 5. The molecular weight excluding hydrogens is 296 g/mol. The van der Waals surface area contributed by atoms with Gasteiger partial charge in [0.25, 0.3) is 0 Å². The topological polar surface area (TPSA) is 77.8 Å². The SMILES string of the molecule is O=C(O)c1cc(SCC(O)CO)ccc1Br. The second kappa shape index (κ2) is 6.24. The lowest BCUT2D eigenvalue weighted by Crippen LogP contribution is -2.14. The monoisotopic (exact) mass is 306 g/mol. The Balaban J connectivity index is 2.75. The Hall–Kier alpha value is -0.560. The zero-order valence-electron chi connectivity index (χ0n) is 8.26. The van der Waals surface area contributed by atoms with Gasteiger partial charge in [0.1, 0.15) is 0 Å². The van der Waals surface area contributed by atoms with E-state index in [-0.39, 0.29) is 12.2 Å². The van der Waals surface area contributed by atoms with E-state index < -0.39 is 12.1 Å². The molecule has 0 heterocycles. The molecule has 0 saturated heterocycles. The van der Waals surface area contributed by atoms with E-state index in [4.69, 9.17) is 15.3 Å². The van der Waals surface area contributed by atoms with Crippen molar-refractivity contribution in [2.45, 2.75) is 11.0 Å². The van der Waals surface area contributed by atoms with Crippen LogP contribution in [0.25, 0.3) is 0 Å². The van der Waals surface area contributed by atoms with E-state index in [1.54, 1.807) is 12.1 Å². The molecule has 1 unspecified atom stereocenters. The van der Waals surface area contributed by atoms with Crippen molar-refractivity contribution in [3.63, 3.8) is 0 Å². The summed E-state index contributed by atoms with van der Waals surface area (Å²) in [7, 11) is 0. The Morgan fingerprint density at radius 3 is 2.75 bits per heavy atom. The second-order valence-electron chi connectivity index (χ2n) is 3.09. The van der Waals surface area contributed by atoms with E-state index in [1.807, 2.05) is 0 Å². The Bertz CT molecular complexity index is 383. The fraction of sp³-hybridized carbons (Fsp3) is 0.300. The van der Waals surface area contributed by atoms with Crippen LogP contribution in [-0.2, 0) is 0 Å². The number of aliphatic hydroxyl groups excluding tert-OH is 2. The molecule has 0 aromatic heterocycles. The van der Waals surface area contributed by atoms with E-state index in [0.29, 0.717) is 10.2 Å². The molecular formula is C10H11BrO4S. The second-order valence-corrected chi connectivity index (χ2v) is 5.04. The molecule has 0 saturated carbocycles. The van der Waals surface area contributed by atoms with Crippen LogP contribution in [0.5, 0.6) is 0 Å². The molecule has 0 radical (unpaired) electrons. The van der Waals surface area contributed by atoms with Crippen LogP contribution in [0.15, 0.2) is 27.6 Å². The highest BCUT2D eigenvalue weighted by Gasteiger charge is 2.10. The summed E-state index contributed by atoms with van der Waals surface area (Å²) in [4.78, 5) is 11.6. The summed E-state index contributed by atoms with van der Waals surface area (Å²) >= 11 is 4.44. The highest BCUT2D eigenvalue weighted by molar-refractivity contribution is 9.10. The first-order valence-electron chi connectivity index (χ1n) is 4.49. The van der Waals surface area contributed by atoms with Crippen molar-refractivity contribution in [2.24, 2.45) is 0 Å². The standard InChI is InChI=1S/C10H11BrO4S/c11-9-2-1-7(3-8(9)10(14)15)16-5-6(13)4-12/h1-3,6,12-13H,4-5H2,(H,14,15). The van der Waals surface area contributed by atoms with E-state index in [9.17, 15) is 4.79 Å². The molecule has 0 aliphatic heterocycles. The zero-order valence-corrected chi connectivity index (χ0v) is 10.7. The Morgan fingerprint density at radius 2 is 2.19 bits per heavy atom. The number of carboxylic acid groups (broad SMARTS) is 1. The molecule has 1 aromatic carbocycles. The first kappa shape index (κ1) is 13.5. The van der Waals surface area contributed by atoms with Gasteiger partial charge in [-0.2, -0.15) is 0 Å². The van der Waals surface area contributed by atoms with Crippen LogP contribution in [0, 0.1) is 0 Å². The minimum absolute atomic E-state index is 0.184. The minimum atomic E-state index is -1.00. The van der Waals surface area contributed by atoms with Gasteiger partial charge in [0, 0.05) is 15.1 Å². The summed E-state index contributed by atoms with van der Waals surface area (Å²) in [6, 6.07) is 4.93. The maximum atomic E-state index is 10.8. The molecule has 0 aliphatic carbocycles. The van der Waals surface area contributed by atoms with Gasteiger partial charge in [0.15, 0.2) is 0 Å². The highest BCUT2D eigenvalue weighted by atomic mass is 79.9. The van der Waals surface area contributed by atoms with Crippen LogP contribution in [0.4, 0.5) is 0 Å². The lowest BCUT2D eigenvalue weighted by atomic mass is 10.2. The minimum Gasteiger partial charge on any atom is -0.478 e. The fourth-order valence-corrected chi connectivity index (χ4v) is 2.28. The van der Waals surface area contributed by atoms with Gasteiger partial charge in [-0.1, -0.05) is 0 Å². The lowest BCUT2D eigenvalue weighted by Gasteiger charge is -2.07. The maximum absolute atomic E-state index is 10.8. The van der Waals surface area contributed by atoms with Gasteiger partial charge in [-0.05, 0) is 34.1 Å². The lowest BCUT2D eigenvalue weighted by molar-refractivity contribution is 0.0695. The third-order valence-electron chi connectivity index (χ3n) is 1.82. The van der Waals surface area contributed by atoms with Crippen LogP contribution in [-0.4, -0.2) is 39.8 Å². The predicted octanol–water partition coefficient (Wildman–Crippen LogP) is 1.59. The van der Waals surface area contributed by atoms with Gasteiger partial charge in [-0.15, -0.1) is 11.8 Å². The summed E-state index contributed by atoms with van der Waals surface area (Å²) in [5, 5.41) is 26.7. The molecule has 1 rings (SSSR count). The maximum Gasteiger partial charge on any atom is 0.336 e. The quantitative estimate of drug-likeness (QED) is 0.720. The highest BCUT2D eigenvalue weighted by Crippen LogP contribution is 2.25. The first-order valence-corrected chi connectivity index (χ1v) is 6.27. The number of carbonyl (C=O) groups is 1. The fourth-order valence-electron chi connectivity index (χ4n) is 1.00. The van der Waals surface area contributed by atoms with Crippen molar-refractivity contribution >= 4 is 33.7 Å². The van der Waals surface area contributed by atoms with Gasteiger partial charge in [0.05, 0.1) is 18.3 Å². The molecule has 4 nitrogen and oxygen atoms in total.